The molecule has 1 aliphatic heterocycles. The summed E-state index contributed by atoms with van der Waals surface area (Å²) in [4.78, 5) is 27.9. The van der Waals surface area contributed by atoms with Crippen LogP contribution >= 0.6 is 23.7 Å². The molecule has 30 heavy (non-hydrogen) atoms. The van der Waals surface area contributed by atoms with Gasteiger partial charge in [0, 0.05) is 13.1 Å². The number of hydrogen-bond acceptors (Lipinski definition) is 5. The Morgan fingerprint density at radius 1 is 1.20 bits per heavy atom. The average molecular weight is 444 g/mol. The Bertz CT molecular complexity index is 1110. The summed E-state index contributed by atoms with van der Waals surface area (Å²) in [5.41, 5.74) is 4.44. The first-order chi connectivity index (χ1) is 14.1. The Kier molecular flexibility index (Phi) is 7.20. The second-order valence-corrected chi connectivity index (χ2v) is 8.05. The number of carbonyl (C=O) groups is 2. The van der Waals surface area contributed by atoms with Crippen molar-refractivity contribution >= 4 is 51.4 Å². The molecule has 0 aliphatic carbocycles. The van der Waals surface area contributed by atoms with Crippen LogP contribution in [0.5, 0.6) is 0 Å². The molecule has 1 aromatic heterocycles. The normalized spacial score (nSPS) is 13.4. The van der Waals surface area contributed by atoms with Gasteiger partial charge in [-0.05, 0) is 53.9 Å². The highest BCUT2D eigenvalue weighted by Crippen LogP contribution is 2.28. The van der Waals surface area contributed by atoms with E-state index in [0.29, 0.717) is 0 Å². The third-order valence-corrected chi connectivity index (χ3v) is 5.86. The Hall–Kier alpha value is -2.74. The number of nitrogens with zero attached hydrogens (tertiary/aromatic N) is 1. The summed E-state index contributed by atoms with van der Waals surface area (Å²) >= 11 is 1.54. The second kappa shape index (κ2) is 9.84. The molecule has 0 unspecified atom stereocenters. The van der Waals surface area contributed by atoms with E-state index in [4.69, 9.17) is 5.11 Å². The number of carboxylic acid groups (broad SMARTS) is 1. The van der Waals surface area contributed by atoms with E-state index in [-0.39, 0.29) is 36.8 Å². The number of aromatic nitrogens is 1. The Labute approximate surface area is 184 Å². The minimum Gasteiger partial charge on any atom is -0.478 e. The van der Waals surface area contributed by atoms with E-state index in [9.17, 15) is 9.59 Å². The third-order valence-electron chi connectivity index (χ3n) is 4.84. The van der Waals surface area contributed by atoms with Crippen molar-refractivity contribution in [1.82, 2.24) is 15.6 Å². The molecule has 2 aromatic carbocycles. The van der Waals surface area contributed by atoms with E-state index in [0.717, 1.165) is 40.3 Å². The Balaban J connectivity index is 0.00000256. The number of halogens is 1. The van der Waals surface area contributed by atoms with Crippen LogP contribution in [0.1, 0.15) is 32.9 Å². The summed E-state index contributed by atoms with van der Waals surface area (Å²) in [5, 5.41) is 16.0. The summed E-state index contributed by atoms with van der Waals surface area (Å²) in [5.74, 6) is -1.11. The van der Waals surface area contributed by atoms with Gasteiger partial charge in [-0.1, -0.05) is 24.3 Å². The van der Waals surface area contributed by atoms with E-state index >= 15 is 0 Å². The average Bonchev–Trinajstić information content (AvgIpc) is 3.14. The Morgan fingerprint density at radius 2 is 2.07 bits per heavy atom. The van der Waals surface area contributed by atoms with E-state index in [1.807, 2.05) is 6.07 Å². The van der Waals surface area contributed by atoms with Gasteiger partial charge in [-0.3, -0.25) is 4.79 Å². The van der Waals surface area contributed by atoms with Crippen molar-refractivity contribution in [3.8, 4) is 0 Å². The van der Waals surface area contributed by atoms with E-state index in [1.165, 1.54) is 28.5 Å². The summed E-state index contributed by atoms with van der Waals surface area (Å²) in [6.45, 7) is 2.18. The minimum absolute atomic E-state index is 0. The topological polar surface area (TPSA) is 91.3 Å². The zero-order chi connectivity index (χ0) is 20.2. The molecule has 0 atom stereocenters. The molecule has 0 fully saturated rings. The van der Waals surface area contributed by atoms with Crippen molar-refractivity contribution in [2.24, 2.45) is 0 Å². The van der Waals surface area contributed by atoms with Gasteiger partial charge in [0.05, 0.1) is 22.2 Å². The summed E-state index contributed by atoms with van der Waals surface area (Å²) < 4.78 is 1.08. The molecule has 0 spiro atoms. The highest BCUT2D eigenvalue weighted by molar-refractivity contribution is 7.18. The predicted molar refractivity (Wildman–Crippen MR) is 121 cm³/mol. The number of fused-ring (bicyclic) bond motifs is 1. The van der Waals surface area contributed by atoms with Crippen molar-refractivity contribution in [3.63, 3.8) is 0 Å². The van der Waals surface area contributed by atoms with Gasteiger partial charge < -0.3 is 15.7 Å². The van der Waals surface area contributed by atoms with Crippen LogP contribution in [0.15, 0.2) is 48.5 Å². The minimum atomic E-state index is -0.979. The van der Waals surface area contributed by atoms with Crippen molar-refractivity contribution in [2.45, 2.75) is 19.4 Å². The molecular formula is C22H22ClN3O3S. The lowest BCUT2D eigenvalue weighted by Crippen LogP contribution is -2.24. The van der Waals surface area contributed by atoms with Crippen molar-refractivity contribution in [1.29, 1.82) is 0 Å². The van der Waals surface area contributed by atoms with E-state index in [1.54, 1.807) is 18.2 Å². The van der Waals surface area contributed by atoms with E-state index in [2.05, 4.69) is 33.8 Å². The quantitative estimate of drug-likeness (QED) is 0.541. The summed E-state index contributed by atoms with van der Waals surface area (Å²) in [6.07, 6.45) is 3.45. The molecule has 3 N–H and O–H groups in total. The molecule has 1 aliphatic rings. The van der Waals surface area contributed by atoms with Crippen LogP contribution in [0.2, 0.25) is 0 Å². The van der Waals surface area contributed by atoms with Gasteiger partial charge in [-0.15, -0.1) is 23.7 Å². The van der Waals surface area contributed by atoms with Gasteiger partial charge in [0.2, 0.25) is 5.91 Å². The standard InChI is InChI=1S/C22H21N3O3S.ClH/c26-20(24-13-14-2-1-3-17(10-14)22(27)28)12-21-25-18-5-4-16(11-19(18)29-21)15-6-8-23-9-7-15;/h1-6,10-11,23H,7-9,12-13H2,(H,24,26)(H,27,28);1H. The van der Waals surface area contributed by atoms with Gasteiger partial charge in [0.25, 0.3) is 0 Å². The van der Waals surface area contributed by atoms with Gasteiger partial charge in [-0.2, -0.15) is 0 Å². The molecule has 156 valence electrons. The third kappa shape index (κ3) is 5.24. The van der Waals surface area contributed by atoms with Crippen LogP contribution in [0, 0.1) is 0 Å². The molecule has 4 rings (SSSR count). The molecule has 0 bridgehead atoms. The molecule has 0 saturated carbocycles. The summed E-state index contributed by atoms with van der Waals surface area (Å²) in [6, 6.07) is 12.8. The SMILES string of the molecule is Cl.O=C(Cc1nc2ccc(C3=CCNCC3)cc2s1)NCc1cccc(C(=O)O)c1. The predicted octanol–water partition coefficient (Wildman–Crippen LogP) is 3.65. The Morgan fingerprint density at radius 3 is 2.83 bits per heavy atom. The van der Waals surface area contributed by atoms with E-state index < -0.39 is 5.97 Å². The number of rotatable bonds is 6. The van der Waals surface area contributed by atoms with Crippen molar-refractivity contribution in [3.05, 3.63) is 70.2 Å². The second-order valence-electron chi connectivity index (χ2n) is 6.93. The van der Waals surface area contributed by atoms with Gasteiger partial charge in [0.15, 0.2) is 0 Å². The number of carboxylic acids is 1. The zero-order valence-corrected chi connectivity index (χ0v) is 17.8. The maximum absolute atomic E-state index is 12.3. The molecule has 0 radical (unpaired) electrons. The zero-order valence-electron chi connectivity index (χ0n) is 16.2. The highest BCUT2D eigenvalue weighted by Gasteiger charge is 2.12. The van der Waals surface area contributed by atoms with Crippen LogP contribution in [-0.4, -0.2) is 35.1 Å². The van der Waals surface area contributed by atoms with Crippen molar-refractivity contribution < 1.29 is 14.7 Å². The van der Waals surface area contributed by atoms with Gasteiger partial charge in [0.1, 0.15) is 5.01 Å². The monoisotopic (exact) mass is 443 g/mol. The van der Waals surface area contributed by atoms with Crippen LogP contribution in [0.3, 0.4) is 0 Å². The number of nitrogens with one attached hydrogen (secondary N) is 2. The summed E-state index contributed by atoms with van der Waals surface area (Å²) in [7, 11) is 0. The molecule has 0 saturated heterocycles. The van der Waals surface area contributed by atoms with Crippen molar-refractivity contribution in [2.75, 3.05) is 13.1 Å². The largest absolute Gasteiger partial charge is 0.478 e. The lowest BCUT2D eigenvalue weighted by atomic mass is 10.0. The van der Waals surface area contributed by atoms with Crippen LogP contribution < -0.4 is 10.6 Å². The highest BCUT2D eigenvalue weighted by atomic mass is 35.5. The lowest BCUT2D eigenvalue weighted by Gasteiger charge is -2.13. The maximum atomic E-state index is 12.3. The number of amides is 1. The first-order valence-corrected chi connectivity index (χ1v) is 10.3. The number of hydrogen-bond donors (Lipinski definition) is 3. The first kappa shape index (κ1) is 22.0. The first-order valence-electron chi connectivity index (χ1n) is 9.47. The van der Waals surface area contributed by atoms with Gasteiger partial charge >= 0.3 is 5.97 Å². The number of aromatic carboxylic acids is 1. The van der Waals surface area contributed by atoms with Crippen LogP contribution in [-0.2, 0) is 17.8 Å². The fourth-order valence-corrected chi connectivity index (χ4v) is 4.35. The number of benzene rings is 2. The van der Waals surface area contributed by atoms with Gasteiger partial charge in [-0.25, -0.2) is 9.78 Å². The molecule has 3 aromatic rings. The molecule has 8 heteroatoms. The lowest BCUT2D eigenvalue weighted by molar-refractivity contribution is -0.120. The molecule has 2 heterocycles. The fourth-order valence-electron chi connectivity index (χ4n) is 3.35. The fraction of sp³-hybridized carbons (Fsp3) is 0.227. The van der Waals surface area contributed by atoms with Crippen LogP contribution in [0.25, 0.3) is 15.8 Å². The maximum Gasteiger partial charge on any atom is 0.335 e. The molecular weight excluding hydrogens is 422 g/mol. The molecule has 6 nitrogen and oxygen atoms in total. The van der Waals surface area contributed by atoms with Crippen LogP contribution in [0.4, 0.5) is 0 Å². The smallest absolute Gasteiger partial charge is 0.335 e. The molecule has 1 amide bonds. The number of thiazole rings is 1. The number of carbonyl (C=O) groups excluding carboxylic acids is 1.